The molecule has 0 spiro atoms. The molecule has 0 fully saturated rings. The highest BCUT2D eigenvalue weighted by Gasteiger charge is 2.08. The third-order valence-corrected chi connectivity index (χ3v) is 4.30. The summed E-state index contributed by atoms with van der Waals surface area (Å²) >= 11 is 1.72. The maximum Gasteiger partial charge on any atom is 0.0798 e. The summed E-state index contributed by atoms with van der Waals surface area (Å²) in [6.45, 7) is 6.14. The molecule has 3 nitrogen and oxygen atoms in total. The Morgan fingerprint density at radius 1 is 1.35 bits per heavy atom. The van der Waals surface area contributed by atoms with Gasteiger partial charge >= 0.3 is 0 Å². The number of nitrogens with zero attached hydrogens (tertiary/aromatic N) is 2. The molecule has 0 bridgehead atoms. The first-order chi connectivity index (χ1) is 9.56. The van der Waals surface area contributed by atoms with E-state index >= 15 is 0 Å². The van der Waals surface area contributed by atoms with Gasteiger partial charge in [0.15, 0.2) is 0 Å². The number of hydrogen-bond acceptors (Lipinski definition) is 4. The molecule has 1 aromatic carbocycles. The molecule has 2 rings (SSSR count). The SMILES string of the molecule is Cc1ncsc1CNC(C)c1cccc(CN(C)C)c1. The number of rotatable bonds is 6. The van der Waals surface area contributed by atoms with Crippen LogP contribution >= 0.6 is 11.3 Å². The van der Waals surface area contributed by atoms with Crippen LogP contribution in [0.25, 0.3) is 0 Å². The zero-order chi connectivity index (χ0) is 14.5. The molecular weight excluding hydrogens is 266 g/mol. The highest BCUT2D eigenvalue weighted by Crippen LogP contribution is 2.17. The van der Waals surface area contributed by atoms with Crippen LogP contribution in [0.1, 0.15) is 34.7 Å². The highest BCUT2D eigenvalue weighted by molar-refractivity contribution is 7.09. The highest BCUT2D eigenvalue weighted by atomic mass is 32.1. The van der Waals surface area contributed by atoms with Gasteiger partial charge in [0.1, 0.15) is 0 Å². The lowest BCUT2D eigenvalue weighted by Crippen LogP contribution is -2.18. The third kappa shape index (κ3) is 4.13. The Morgan fingerprint density at radius 2 is 2.15 bits per heavy atom. The van der Waals surface area contributed by atoms with E-state index in [9.17, 15) is 0 Å². The van der Waals surface area contributed by atoms with Gasteiger partial charge in [0.05, 0.1) is 11.2 Å². The first-order valence-electron chi connectivity index (χ1n) is 6.92. The number of hydrogen-bond donors (Lipinski definition) is 1. The lowest BCUT2D eigenvalue weighted by molar-refractivity contribution is 0.402. The van der Waals surface area contributed by atoms with Gasteiger partial charge in [-0.05, 0) is 39.1 Å². The Labute approximate surface area is 125 Å². The topological polar surface area (TPSA) is 28.2 Å². The first-order valence-corrected chi connectivity index (χ1v) is 7.80. The van der Waals surface area contributed by atoms with Gasteiger partial charge in [0.2, 0.25) is 0 Å². The number of aromatic nitrogens is 1. The van der Waals surface area contributed by atoms with E-state index in [0.717, 1.165) is 18.8 Å². The van der Waals surface area contributed by atoms with Crippen molar-refractivity contribution in [2.75, 3.05) is 14.1 Å². The van der Waals surface area contributed by atoms with E-state index in [0.29, 0.717) is 6.04 Å². The van der Waals surface area contributed by atoms with Crippen LogP contribution in [0, 0.1) is 6.92 Å². The maximum absolute atomic E-state index is 4.29. The van der Waals surface area contributed by atoms with Crippen LogP contribution < -0.4 is 5.32 Å². The van der Waals surface area contributed by atoms with Crippen LogP contribution in [-0.4, -0.2) is 24.0 Å². The molecule has 0 saturated carbocycles. The Balaban J connectivity index is 1.98. The zero-order valence-electron chi connectivity index (χ0n) is 12.7. The molecule has 0 aliphatic heterocycles. The number of nitrogens with one attached hydrogen (secondary N) is 1. The normalized spacial score (nSPS) is 12.8. The Bertz CT molecular complexity index is 548. The smallest absolute Gasteiger partial charge is 0.0798 e. The number of aryl methyl sites for hydroxylation is 1. The lowest BCUT2D eigenvalue weighted by atomic mass is 10.0. The molecule has 108 valence electrons. The number of thiazole rings is 1. The van der Waals surface area contributed by atoms with Gasteiger partial charge in [-0.1, -0.05) is 24.3 Å². The van der Waals surface area contributed by atoms with E-state index < -0.39 is 0 Å². The van der Waals surface area contributed by atoms with Crippen molar-refractivity contribution in [1.82, 2.24) is 15.2 Å². The van der Waals surface area contributed by atoms with Crippen molar-refractivity contribution in [1.29, 1.82) is 0 Å². The molecule has 1 atom stereocenters. The first kappa shape index (κ1) is 15.2. The van der Waals surface area contributed by atoms with Gasteiger partial charge in [0.25, 0.3) is 0 Å². The molecule has 1 N–H and O–H groups in total. The van der Waals surface area contributed by atoms with Crippen LogP contribution in [0.5, 0.6) is 0 Å². The van der Waals surface area contributed by atoms with Gasteiger partial charge in [-0.25, -0.2) is 4.98 Å². The second-order valence-electron chi connectivity index (χ2n) is 5.45. The summed E-state index contributed by atoms with van der Waals surface area (Å²) in [5.74, 6) is 0. The second kappa shape index (κ2) is 6.97. The van der Waals surface area contributed by atoms with Crippen molar-refractivity contribution in [3.63, 3.8) is 0 Å². The van der Waals surface area contributed by atoms with Gasteiger partial charge in [0, 0.05) is 24.0 Å². The molecule has 0 saturated heterocycles. The largest absolute Gasteiger partial charge is 0.305 e. The predicted molar refractivity (Wildman–Crippen MR) is 85.9 cm³/mol. The number of benzene rings is 1. The van der Waals surface area contributed by atoms with Gasteiger partial charge in [-0.3, -0.25) is 0 Å². The molecular formula is C16H23N3S. The van der Waals surface area contributed by atoms with E-state index in [1.54, 1.807) is 11.3 Å². The minimum absolute atomic E-state index is 0.346. The third-order valence-electron chi connectivity index (χ3n) is 3.36. The summed E-state index contributed by atoms with van der Waals surface area (Å²) in [5.41, 5.74) is 5.74. The minimum atomic E-state index is 0.346. The monoisotopic (exact) mass is 289 g/mol. The fourth-order valence-corrected chi connectivity index (χ4v) is 2.91. The second-order valence-corrected chi connectivity index (χ2v) is 6.39. The molecule has 0 aliphatic carbocycles. The van der Waals surface area contributed by atoms with E-state index in [4.69, 9.17) is 0 Å². The molecule has 2 aromatic rings. The Kier molecular flexibility index (Phi) is 5.29. The fourth-order valence-electron chi connectivity index (χ4n) is 2.19. The van der Waals surface area contributed by atoms with E-state index in [1.807, 2.05) is 5.51 Å². The van der Waals surface area contributed by atoms with Gasteiger partial charge in [-0.2, -0.15) is 0 Å². The van der Waals surface area contributed by atoms with E-state index in [2.05, 4.69) is 67.4 Å². The van der Waals surface area contributed by atoms with Crippen molar-refractivity contribution in [3.8, 4) is 0 Å². The summed E-state index contributed by atoms with van der Waals surface area (Å²) in [4.78, 5) is 7.80. The van der Waals surface area contributed by atoms with Crippen LogP contribution in [0.15, 0.2) is 29.8 Å². The Hall–Kier alpha value is -1.23. The lowest BCUT2D eigenvalue weighted by Gasteiger charge is -2.16. The average Bonchev–Trinajstić information content (AvgIpc) is 2.81. The molecule has 0 radical (unpaired) electrons. The van der Waals surface area contributed by atoms with Crippen molar-refractivity contribution in [2.24, 2.45) is 0 Å². The molecule has 0 aliphatic rings. The average molecular weight is 289 g/mol. The molecule has 1 aromatic heterocycles. The zero-order valence-corrected chi connectivity index (χ0v) is 13.5. The molecule has 1 heterocycles. The van der Waals surface area contributed by atoms with Gasteiger partial charge in [-0.15, -0.1) is 11.3 Å². The van der Waals surface area contributed by atoms with E-state index in [1.165, 1.54) is 16.0 Å². The van der Waals surface area contributed by atoms with Crippen LogP contribution in [0.3, 0.4) is 0 Å². The summed E-state index contributed by atoms with van der Waals surface area (Å²) in [6.07, 6.45) is 0. The molecule has 1 unspecified atom stereocenters. The van der Waals surface area contributed by atoms with Crippen molar-refractivity contribution < 1.29 is 0 Å². The molecule has 0 amide bonds. The van der Waals surface area contributed by atoms with Crippen molar-refractivity contribution in [3.05, 3.63) is 51.5 Å². The maximum atomic E-state index is 4.29. The Morgan fingerprint density at radius 3 is 2.80 bits per heavy atom. The summed E-state index contributed by atoms with van der Waals surface area (Å²) in [7, 11) is 4.20. The summed E-state index contributed by atoms with van der Waals surface area (Å²) < 4.78 is 0. The predicted octanol–water partition coefficient (Wildman–Crippen LogP) is 3.36. The van der Waals surface area contributed by atoms with Crippen molar-refractivity contribution >= 4 is 11.3 Å². The van der Waals surface area contributed by atoms with Crippen LogP contribution in [-0.2, 0) is 13.1 Å². The van der Waals surface area contributed by atoms with Crippen LogP contribution in [0.2, 0.25) is 0 Å². The standard InChI is InChI=1S/C16H23N3S/c1-12(17-9-16-13(2)18-11-20-16)15-7-5-6-14(8-15)10-19(3)4/h5-8,11-12,17H,9-10H2,1-4H3. The summed E-state index contributed by atoms with van der Waals surface area (Å²) in [6, 6.07) is 9.15. The molecule has 4 heteroatoms. The minimum Gasteiger partial charge on any atom is -0.305 e. The van der Waals surface area contributed by atoms with Crippen LogP contribution in [0.4, 0.5) is 0 Å². The fraction of sp³-hybridized carbons (Fsp3) is 0.438. The summed E-state index contributed by atoms with van der Waals surface area (Å²) in [5, 5.41) is 3.58. The quantitative estimate of drug-likeness (QED) is 0.884. The molecule has 20 heavy (non-hydrogen) atoms. The van der Waals surface area contributed by atoms with Gasteiger partial charge < -0.3 is 10.2 Å². The van der Waals surface area contributed by atoms with E-state index in [-0.39, 0.29) is 0 Å². The van der Waals surface area contributed by atoms with Crippen molar-refractivity contribution in [2.45, 2.75) is 33.0 Å².